The van der Waals surface area contributed by atoms with E-state index in [-0.39, 0.29) is 0 Å². The predicted octanol–water partition coefficient (Wildman–Crippen LogP) is 14.8. The summed E-state index contributed by atoms with van der Waals surface area (Å²) in [6, 6.07) is 77.3. The summed E-state index contributed by atoms with van der Waals surface area (Å²) in [4.78, 5) is 2.41. The molecule has 10 aromatic rings. The lowest BCUT2D eigenvalue weighted by molar-refractivity contribution is 1.28. The normalized spacial score (nSPS) is 11.4. The van der Waals surface area contributed by atoms with Crippen LogP contribution in [0, 0.1) is 0 Å². The van der Waals surface area contributed by atoms with E-state index < -0.39 is 0 Å². The third-order valence-corrected chi connectivity index (χ3v) is 10.6. The molecule has 0 aliphatic heterocycles. The smallest absolute Gasteiger partial charge is 0.0540 e. The quantitative estimate of drug-likeness (QED) is 0.159. The third kappa shape index (κ3) is 5.51. The molecule has 0 saturated carbocycles. The molecule has 0 spiro atoms. The van der Waals surface area contributed by atoms with Crippen molar-refractivity contribution < 1.29 is 0 Å². The van der Waals surface area contributed by atoms with Gasteiger partial charge in [0.05, 0.1) is 5.69 Å². The van der Waals surface area contributed by atoms with Gasteiger partial charge in [0.25, 0.3) is 0 Å². The molecule has 0 bridgehead atoms. The van der Waals surface area contributed by atoms with Gasteiger partial charge in [-0.05, 0) is 113 Å². The number of hydrogen-bond acceptors (Lipinski definition) is 1. The van der Waals surface area contributed by atoms with E-state index in [1.165, 1.54) is 76.5 Å². The molecule has 0 unspecified atom stereocenters. The summed E-state index contributed by atoms with van der Waals surface area (Å²) in [7, 11) is 0. The minimum absolute atomic E-state index is 1.10. The largest absolute Gasteiger partial charge is 0.310 e. The summed E-state index contributed by atoms with van der Waals surface area (Å²) in [5.41, 5.74) is 10.5. The molecule has 53 heavy (non-hydrogen) atoms. The van der Waals surface area contributed by atoms with Crippen LogP contribution in [0.5, 0.6) is 0 Å². The Balaban J connectivity index is 1.13. The molecular weight excluding hydrogens is 639 g/mol. The number of hydrogen-bond donors (Lipinski definition) is 0. The third-order valence-electron chi connectivity index (χ3n) is 10.6. The number of benzene rings is 10. The highest BCUT2D eigenvalue weighted by Gasteiger charge is 2.18. The van der Waals surface area contributed by atoms with E-state index in [4.69, 9.17) is 0 Å². The first-order valence-corrected chi connectivity index (χ1v) is 18.3. The zero-order valence-electron chi connectivity index (χ0n) is 29.2. The van der Waals surface area contributed by atoms with Crippen molar-refractivity contribution in [2.45, 2.75) is 0 Å². The Bertz CT molecular complexity index is 2940. The zero-order valence-corrected chi connectivity index (χ0v) is 29.2. The zero-order chi connectivity index (χ0) is 35.1. The van der Waals surface area contributed by atoms with Crippen LogP contribution in [0.25, 0.3) is 76.5 Å². The van der Waals surface area contributed by atoms with Crippen molar-refractivity contribution in [1.82, 2.24) is 0 Å². The molecular formula is C52H35N. The van der Waals surface area contributed by atoms with Crippen molar-refractivity contribution in [2.24, 2.45) is 0 Å². The summed E-state index contributed by atoms with van der Waals surface area (Å²) in [5.74, 6) is 0. The van der Waals surface area contributed by atoms with E-state index in [1.807, 2.05) is 0 Å². The van der Waals surface area contributed by atoms with Gasteiger partial charge in [-0.15, -0.1) is 0 Å². The fourth-order valence-electron chi connectivity index (χ4n) is 8.05. The molecule has 0 saturated heterocycles. The van der Waals surface area contributed by atoms with E-state index in [1.54, 1.807) is 0 Å². The Hall–Kier alpha value is -6.96. The highest BCUT2D eigenvalue weighted by Crippen LogP contribution is 2.43. The monoisotopic (exact) mass is 673 g/mol. The highest BCUT2D eigenvalue weighted by molar-refractivity contribution is 6.14. The minimum Gasteiger partial charge on any atom is -0.310 e. The Labute approximate surface area is 309 Å². The Morgan fingerprint density at radius 1 is 0.245 bits per heavy atom. The fourth-order valence-corrected chi connectivity index (χ4v) is 8.05. The van der Waals surface area contributed by atoms with Gasteiger partial charge in [0.15, 0.2) is 0 Å². The van der Waals surface area contributed by atoms with Crippen molar-refractivity contribution in [2.75, 3.05) is 4.90 Å². The number of rotatable bonds is 6. The van der Waals surface area contributed by atoms with E-state index in [0.717, 1.165) is 17.1 Å². The highest BCUT2D eigenvalue weighted by atomic mass is 15.1. The van der Waals surface area contributed by atoms with Gasteiger partial charge in [-0.25, -0.2) is 0 Å². The van der Waals surface area contributed by atoms with Gasteiger partial charge in [0, 0.05) is 16.9 Å². The lowest BCUT2D eigenvalue weighted by atomic mass is 9.93. The fraction of sp³-hybridized carbons (Fsp3) is 0. The maximum absolute atomic E-state index is 2.41. The average molecular weight is 674 g/mol. The molecule has 0 N–H and O–H groups in total. The van der Waals surface area contributed by atoms with Crippen LogP contribution in [0.4, 0.5) is 17.1 Å². The lowest BCUT2D eigenvalue weighted by Crippen LogP contribution is -2.11. The van der Waals surface area contributed by atoms with E-state index in [2.05, 4.69) is 217 Å². The first-order chi connectivity index (χ1) is 26.3. The second kappa shape index (κ2) is 13.0. The van der Waals surface area contributed by atoms with E-state index in [9.17, 15) is 0 Å². The number of anilines is 3. The van der Waals surface area contributed by atoms with Crippen LogP contribution in [-0.4, -0.2) is 0 Å². The lowest BCUT2D eigenvalue weighted by Gasteiger charge is -2.28. The van der Waals surface area contributed by atoms with Crippen LogP contribution in [0.1, 0.15) is 0 Å². The van der Waals surface area contributed by atoms with Crippen LogP contribution >= 0.6 is 0 Å². The van der Waals surface area contributed by atoms with Crippen LogP contribution in [0.2, 0.25) is 0 Å². The van der Waals surface area contributed by atoms with Crippen molar-refractivity contribution >= 4 is 60.2 Å². The van der Waals surface area contributed by atoms with Gasteiger partial charge >= 0.3 is 0 Å². The van der Waals surface area contributed by atoms with Gasteiger partial charge in [0.1, 0.15) is 0 Å². The van der Waals surface area contributed by atoms with Gasteiger partial charge in [-0.2, -0.15) is 0 Å². The summed E-state index contributed by atoms with van der Waals surface area (Å²) in [5, 5.41) is 10.1. The summed E-state index contributed by atoms with van der Waals surface area (Å²) in [6.45, 7) is 0. The molecule has 10 aromatic carbocycles. The molecule has 1 nitrogen and oxygen atoms in total. The molecule has 0 amide bonds. The van der Waals surface area contributed by atoms with E-state index >= 15 is 0 Å². The van der Waals surface area contributed by atoms with Crippen molar-refractivity contribution in [1.29, 1.82) is 0 Å². The van der Waals surface area contributed by atoms with Gasteiger partial charge < -0.3 is 4.90 Å². The molecule has 248 valence electrons. The topological polar surface area (TPSA) is 3.24 Å². The molecule has 0 aromatic heterocycles. The van der Waals surface area contributed by atoms with Crippen molar-refractivity contribution in [3.63, 3.8) is 0 Å². The molecule has 0 atom stereocenters. The Kier molecular flexibility index (Phi) is 7.55. The van der Waals surface area contributed by atoms with Crippen LogP contribution in [0.3, 0.4) is 0 Å². The maximum atomic E-state index is 2.41. The molecule has 1 heteroatoms. The van der Waals surface area contributed by atoms with Crippen LogP contribution in [-0.2, 0) is 0 Å². The number of nitrogens with zero attached hydrogens (tertiary/aromatic N) is 1. The SMILES string of the molecule is c1ccc(-c2ccccc2N(c2ccc(-c3cc4ccccc4c4ccccc34)cc2)c2cccc(-c3ccc4ccc5ccccc5c4c3)c2)cc1. The van der Waals surface area contributed by atoms with Crippen molar-refractivity contribution in [3.05, 3.63) is 212 Å². The molecule has 0 aliphatic rings. The standard InChI is InChI=1S/C52H35N/c1-2-13-36(14-3-1)47-21-10-11-24-52(47)53(43-31-29-39(30-32-43)51-35-42-16-5-7-20-46(42)48-22-8-9-23-49(48)51)44-18-12-17-40(33-44)41-28-27-38-26-25-37-15-4-6-19-45(37)50(38)34-41/h1-35H. The summed E-state index contributed by atoms with van der Waals surface area (Å²) in [6.07, 6.45) is 0. The van der Waals surface area contributed by atoms with Gasteiger partial charge in [-0.1, -0.05) is 170 Å². The first kappa shape index (κ1) is 30.8. The molecule has 0 aliphatic carbocycles. The van der Waals surface area contributed by atoms with Gasteiger partial charge in [-0.3, -0.25) is 0 Å². The second-order valence-electron chi connectivity index (χ2n) is 13.7. The average Bonchev–Trinajstić information content (AvgIpc) is 3.24. The molecule has 0 heterocycles. The van der Waals surface area contributed by atoms with Gasteiger partial charge in [0.2, 0.25) is 0 Å². The predicted molar refractivity (Wildman–Crippen MR) is 227 cm³/mol. The summed E-state index contributed by atoms with van der Waals surface area (Å²) >= 11 is 0. The van der Waals surface area contributed by atoms with Crippen LogP contribution in [0.15, 0.2) is 212 Å². The second-order valence-corrected chi connectivity index (χ2v) is 13.7. The molecule has 0 fully saturated rings. The van der Waals surface area contributed by atoms with Crippen LogP contribution < -0.4 is 4.90 Å². The molecule has 0 radical (unpaired) electrons. The maximum Gasteiger partial charge on any atom is 0.0540 e. The first-order valence-electron chi connectivity index (χ1n) is 18.3. The minimum atomic E-state index is 1.10. The molecule has 10 rings (SSSR count). The Morgan fingerprint density at radius 3 is 1.60 bits per heavy atom. The number of para-hydroxylation sites is 1. The Morgan fingerprint density at radius 2 is 0.792 bits per heavy atom. The number of fused-ring (bicyclic) bond motifs is 6. The van der Waals surface area contributed by atoms with E-state index in [0.29, 0.717) is 0 Å². The van der Waals surface area contributed by atoms with Crippen molar-refractivity contribution in [3.8, 4) is 33.4 Å². The summed E-state index contributed by atoms with van der Waals surface area (Å²) < 4.78 is 0.